The van der Waals surface area contributed by atoms with Gasteiger partial charge < -0.3 is 14.8 Å². The lowest BCUT2D eigenvalue weighted by atomic mass is 10.1. The molecule has 1 rings (SSSR count). The van der Waals surface area contributed by atoms with Crippen molar-refractivity contribution in [2.75, 3.05) is 6.61 Å². The lowest BCUT2D eigenvalue weighted by Crippen LogP contribution is -2.49. The molecule has 0 aliphatic carbocycles. The van der Waals surface area contributed by atoms with E-state index in [0.717, 1.165) is 4.47 Å². The quantitative estimate of drug-likeness (QED) is 0.739. The highest BCUT2D eigenvalue weighted by Gasteiger charge is 2.20. The van der Waals surface area contributed by atoms with Crippen LogP contribution in [-0.4, -0.2) is 36.2 Å². The number of hydrogen-bond acceptors (Lipinski definition) is 5. The topological polar surface area (TPSA) is 93.7 Å². The van der Waals surface area contributed by atoms with Crippen molar-refractivity contribution in [3.8, 4) is 5.75 Å². The highest BCUT2D eigenvalue weighted by Crippen LogP contribution is 2.17. The van der Waals surface area contributed by atoms with E-state index in [1.54, 1.807) is 45.0 Å². The molecular weight excluding hydrogens is 380 g/mol. The Kier molecular flexibility index (Phi) is 7.21. The summed E-state index contributed by atoms with van der Waals surface area (Å²) in [5.41, 5.74) is -0.478. The number of carbonyl (C=O) groups is 3. The van der Waals surface area contributed by atoms with Crippen LogP contribution in [-0.2, 0) is 14.3 Å². The molecule has 1 aromatic carbocycles. The van der Waals surface area contributed by atoms with E-state index < -0.39 is 36.2 Å². The smallest absolute Gasteiger partial charge is 0.347 e. The van der Waals surface area contributed by atoms with Gasteiger partial charge in [-0.25, -0.2) is 9.59 Å². The number of nitrogens with one attached hydrogen (secondary N) is 2. The Balaban J connectivity index is 2.37. The minimum Gasteiger partial charge on any atom is -0.479 e. The SMILES string of the molecule is C[C@@H](Oc1ccc(Br)cc1)C(=O)OCC(=O)NC(=O)NC(C)(C)C. The van der Waals surface area contributed by atoms with Crippen molar-refractivity contribution in [3.05, 3.63) is 28.7 Å². The van der Waals surface area contributed by atoms with Crippen molar-refractivity contribution in [2.45, 2.75) is 39.3 Å². The fourth-order valence-electron chi connectivity index (χ4n) is 1.55. The predicted molar refractivity (Wildman–Crippen MR) is 91.6 cm³/mol. The molecule has 7 nitrogen and oxygen atoms in total. The van der Waals surface area contributed by atoms with Gasteiger partial charge in [-0.1, -0.05) is 15.9 Å². The molecule has 0 saturated heterocycles. The average molecular weight is 401 g/mol. The largest absolute Gasteiger partial charge is 0.479 e. The van der Waals surface area contributed by atoms with E-state index >= 15 is 0 Å². The third kappa shape index (κ3) is 7.96. The molecule has 0 spiro atoms. The fraction of sp³-hybridized carbons (Fsp3) is 0.438. The standard InChI is InChI=1S/C16H21BrN2O5/c1-10(24-12-7-5-11(17)6-8-12)14(21)23-9-13(20)18-15(22)19-16(2,3)4/h5-8,10H,9H2,1-4H3,(H2,18,19,20,22)/t10-/m1/s1. The van der Waals surface area contributed by atoms with Gasteiger partial charge >= 0.3 is 12.0 Å². The number of imide groups is 1. The van der Waals surface area contributed by atoms with Crippen LogP contribution in [0.5, 0.6) is 5.75 Å². The molecule has 0 heterocycles. The number of carbonyl (C=O) groups excluding carboxylic acids is 3. The Bertz CT molecular complexity index is 595. The molecule has 0 unspecified atom stereocenters. The first-order valence-corrected chi connectivity index (χ1v) is 8.07. The van der Waals surface area contributed by atoms with Crippen molar-refractivity contribution in [1.29, 1.82) is 0 Å². The Morgan fingerprint density at radius 2 is 1.75 bits per heavy atom. The molecule has 3 amide bonds. The Labute approximate surface area is 149 Å². The summed E-state index contributed by atoms with van der Waals surface area (Å²) >= 11 is 3.29. The molecule has 0 aliphatic heterocycles. The summed E-state index contributed by atoms with van der Waals surface area (Å²) in [6.07, 6.45) is -0.887. The first kappa shape index (κ1) is 20.0. The van der Waals surface area contributed by atoms with Crippen molar-refractivity contribution >= 4 is 33.8 Å². The minimum absolute atomic E-state index is 0.478. The highest BCUT2D eigenvalue weighted by molar-refractivity contribution is 9.10. The lowest BCUT2D eigenvalue weighted by Gasteiger charge is -2.20. The van der Waals surface area contributed by atoms with Gasteiger partial charge in [0.2, 0.25) is 0 Å². The Hall–Kier alpha value is -2.09. The molecule has 2 N–H and O–H groups in total. The normalized spacial score (nSPS) is 12.0. The van der Waals surface area contributed by atoms with E-state index in [0.29, 0.717) is 5.75 Å². The van der Waals surface area contributed by atoms with Gasteiger partial charge in [0.05, 0.1) is 0 Å². The van der Waals surface area contributed by atoms with Gasteiger partial charge in [-0.15, -0.1) is 0 Å². The van der Waals surface area contributed by atoms with E-state index in [1.807, 2.05) is 0 Å². The molecule has 132 valence electrons. The van der Waals surface area contributed by atoms with Crippen LogP contribution in [0.15, 0.2) is 28.7 Å². The molecule has 8 heteroatoms. The summed E-state index contributed by atoms with van der Waals surface area (Å²) in [6, 6.07) is 6.28. The second kappa shape index (κ2) is 8.68. The number of rotatable bonds is 5. The molecule has 0 radical (unpaired) electrons. The number of hydrogen-bond donors (Lipinski definition) is 2. The molecule has 1 aromatic rings. The van der Waals surface area contributed by atoms with Crippen molar-refractivity contribution in [1.82, 2.24) is 10.6 Å². The van der Waals surface area contributed by atoms with Gasteiger partial charge in [-0.05, 0) is 52.0 Å². The molecule has 0 aromatic heterocycles. The van der Waals surface area contributed by atoms with Gasteiger partial charge in [0.25, 0.3) is 5.91 Å². The summed E-state index contributed by atoms with van der Waals surface area (Å²) < 4.78 is 11.1. The molecule has 0 fully saturated rings. The lowest BCUT2D eigenvalue weighted by molar-refractivity contribution is -0.154. The molecule has 1 atom stereocenters. The Morgan fingerprint density at radius 1 is 1.17 bits per heavy atom. The number of benzene rings is 1. The second-order valence-corrected chi connectivity index (χ2v) is 6.99. The van der Waals surface area contributed by atoms with Crippen LogP contribution < -0.4 is 15.4 Å². The minimum atomic E-state index is -0.887. The summed E-state index contributed by atoms with van der Waals surface area (Å²) in [5.74, 6) is -0.929. The number of halogens is 1. The number of urea groups is 1. The zero-order valence-corrected chi connectivity index (χ0v) is 15.6. The monoisotopic (exact) mass is 400 g/mol. The fourth-order valence-corrected chi connectivity index (χ4v) is 1.82. The average Bonchev–Trinajstić information content (AvgIpc) is 2.45. The van der Waals surface area contributed by atoms with Crippen LogP contribution in [0.3, 0.4) is 0 Å². The van der Waals surface area contributed by atoms with Crippen LogP contribution in [0.1, 0.15) is 27.7 Å². The Morgan fingerprint density at radius 3 is 2.29 bits per heavy atom. The zero-order valence-electron chi connectivity index (χ0n) is 14.0. The second-order valence-electron chi connectivity index (χ2n) is 6.07. The van der Waals surface area contributed by atoms with Crippen LogP contribution in [0.2, 0.25) is 0 Å². The van der Waals surface area contributed by atoms with Gasteiger partial charge in [-0.3, -0.25) is 10.1 Å². The zero-order chi connectivity index (χ0) is 18.3. The predicted octanol–water partition coefficient (Wildman–Crippen LogP) is 2.38. The van der Waals surface area contributed by atoms with Crippen molar-refractivity contribution in [3.63, 3.8) is 0 Å². The summed E-state index contributed by atoms with van der Waals surface area (Å²) in [5, 5.41) is 4.63. The molecule has 0 saturated carbocycles. The summed E-state index contributed by atoms with van der Waals surface area (Å²) in [6.45, 7) is 6.27. The third-order valence-electron chi connectivity index (χ3n) is 2.55. The van der Waals surface area contributed by atoms with Crippen LogP contribution in [0, 0.1) is 0 Å². The van der Waals surface area contributed by atoms with E-state index in [-0.39, 0.29) is 0 Å². The third-order valence-corrected chi connectivity index (χ3v) is 3.07. The van der Waals surface area contributed by atoms with Crippen LogP contribution in [0.25, 0.3) is 0 Å². The van der Waals surface area contributed by atoms with Crippen LogP contribution >= 0.6 is 15.9 Å². The van der Waals surface area contributed by atoms with E-state index in [9.17, 15) is 14.4 Å². The summed E-state index contributed by atoms with van der Waals surface area (Å²) in [4.78, 5) is 34.9. The number of amides is 3. The van der Waals surface area contributed by atoms with Crippen molar-refractivity contribution in [2.24, 2.45) is 0 Å². The maximum absolute atomic E-state index is 11.8. The highest BCUT2D eigenvalue weighted by atomic mass is 79.9. The van der Waals surface area contributed by atoms with E-state index in [1.165, 1.54) is 6.92 Å². The molecule has 0 aliphatic rings. The number of esters is 1. The van der Waals surface area contributed by atoms with E-state index in [4.69, 9.17) is 9.47 Å². The van der Waals surface area contributed by atoms with Gasteiger partial charge in [0.15, 0.2) is 12.7 Å². The first-order valence-electron chi connectivity index (χ1n) is 7.27. The van der Waals surface area contributed by atoms with Crippen LogP contribution in [0.4, 0.5) is 4.79 Å². The molecule has 0 bridgehead atoms. The first-order chi connectivity index (χ1) is 11.1. The maximum atomic E-state index is 11.8. The van der Waals surface area contributed by atoms with Gasteiger partial charge in [-0.2, -0.15) is 0 Å². The van der Waals surface area contributed by atoms with Gasteiger partial charge in [0, 0.05) is 10.0 Å². The molecule has 24 heavy (non-hydrogen) atoms. The molecular formula is C16H21BrN2O5. The van der Waals surface area contributed by atoms with Crippen molar-refractivity contribution < 1.29 is 23.9 Å². The van der Waals surface area contributed by atoms with Gasteiger partial charge in [0.1, 0.15) is 5.75 Å². The summed E-state index contributed by atoms with van der Waals surface area (Å²) in [7, 11) is 0. The maximum Gasteiger partial charge on any atom is 0.347 e. The van der Waals surface area contributed by atoms with E-state index in [2.05, 4.69) is 26.6 Å². The number of ether oxygens (including phenoxy) is 2.